The van der Waals surface area contributed by atoms with E-state index in [0.29, 0.717) is 39.4 Å². The van der Waals surface area contributed by atoms with Crippen LogP contribution in [-0.4, -0.2) is 70.8 Å². The zero-order valence-corrected chi connectivity index (χ0v) is 15.9. The molecule has 2 fully saturated rings. The van der Waals surface area contributed by atoms with Crippen LogP contribution in [0.1, 0.15) is 29.8 Å². The average Bonchev–Trinajstić information content (AvgIpc) is 2.91. The number of aryl methyl sites for hydroxylation is 2. The highest BCUT2D eigenvalue weighted by Gasteiger charge is 2.31. The van der Waals surface area contributed by atoms with Gasteiger partial charge in [-0.1, -0.05) is 0 Å². The maximum atomic E-state index is 12.7. The number of rotatable bonds is 3. The molecule has 1 unspecified atom stereocenters. The average molecular weight is 360 g/mol. The Hall–Kier alpha value is -2.15. The maximum Gasteiger partial charge on any atom is 0.246 e. The summed E-state index contributed by atoms with van der Waals surface area (Å²) in [7, 11) is 1.90. The molecule has 0 radical (unpaired) electrons. The lowest BCUT2D eigenvalue weighted by Gasteiger charge is -2.35. The van der Waals surface area contributed by atoms with E-state index in [1.807, 2.05) is 36.6 Å². The summed E-state index contributed by atoms with van der Waals surface area (Å²) in [5.41, 5.74) is 2.93. The molecule has 1 aromatic heterocycles. The van der Waals surface area contributed by atoms with E-state index in [4.69, 9.17) is 4.74 Å². The molecule has 7 heteroatoms. The normalized spacial score (nSPS) is 21.4. The second-order valence-electron chi connectivity index (χ2n) is 7.10. The van der Waals surface area contributed by atoms with Gasteiger partial charge in [0.05, 0.1) is 24.8 Å². The van der Waals surface area contributed by atoms with Crippen molar-refractivity contribution in [3.63, 3.8) is 0 Å². The predicted molar refractivity (Wildman–Crippen MR) is 98.4 cm³/mol. The molecule has 0 N–H and O–H groups in total. The van der Waals surface area contributed by atoms with E-state index in [9.17, 15) is 9.59 Å². The van der Waals surface area contributed by atoms with Crippen LogP contribution in [0.15, 0.2) is 6.08 Å². The summed E-state index contributed by atoms with van der Waals surface area (Å²) in [5.74, 6) is 0.0296. The molecular formula is C19H28N4O3. The number of hydrogen-bond acceptors (Lipinski definition) is 4. The number of likely N-dealkylation sites (tertiary alicyclic amines) is 1. The van der Waals surface area contributed by atoms with Crippen LogP contribution in [0.25, 0.3) is 6.08 Å². The second kappa shape index (κ2) is 8.03. The summed E-state index contributed by atoms with van der Waals surface area (Å²) in [6.45, 7) is 7.66. The molecule has 26 heavy (non-hydrogen) atoms. The molecule has 0 bridgehead atoms. The maximum absolute atomic E-state index is 12.7. The Morgan fingerprint density at radius 3 is 2.54 bits per heavy atom. The van der Waals surface area contributed by atoms with E-state index in [1.54, 1.807) is 11.0 Å². The molecule has 2 aliphatic heterocycles. The van der Waals surface area contributed by atoms with Crippen LogP contribution in [0.4, 0.5) is 0 Å². The molecule has 2 amide bonds. The van der Waals surface area contributed by atoms with E-state index < -0.39 is 0 Å². The fourth-order valence-electron chi connectivity index (χ4n) is 3.71. The number of piperidine rings is 1. The molecule has 2 aliphatic rings. The molecular weight excluding hydrogens is 332 g/mol. The lowest BCUT2D eigenvalue weighted by atomic mass is 9.96. The topological polar surface area (TPSA) is 67.7 Å². The minimum atomic E-state index is -0.0962. The Balaban J connectivity index is 1.62. The second-order valence-corrected chi connectivity index (χ2v) is 7.10. The quantitative estimate of drug-likeness (QED) is 0.759. The number of ether oxygens (including phenoxy) is 1. The van der Waals surface area contributed by atoms with Gasteiger partial charge in [0.25, 0.3) is 0 Å². The van der Waals surface area contributed by atoms with Gasteiger partial charge in [0, 0.05) is 50.6 Å². The van der Waals surface area contributed by atoms with Crippen molar-refractivity contribution in [3.8, 4) is 0 Å². The van der Waals surface area contributed by atoms with Gasteiger partial charge in [0.15, 0.2) is 0 Å². The first-order valence-electron chi connectivity index (χ1n) is 9.31. The van der Waals surface area contributed by atoms with E-state index in [0.717, 1.165) is 29.8 Å². The van der Waals surface area contributed by atoms with Crippen molar-refractivity contribution in [1.82, 2.24) is 19.6 Å². The van der Waals surface area contributed by atoms with E-state index in [2.05, 4.69) is 5.10 Å². The van der Waals surface area contributed by atoms with Crippen LogP contribution in [0.3, 0.4) is 0 Å². The SMILES string of the molecule is Cc1nn(C)c(C)c1/C=C/C(=O)N1CCCC(C(=O)N2CCOCC2)C1. The lowest BCUT2D eigenvalue weighted by molar-refractivity contribution is -0.143. The first kappa shape index (κ1) is 18.6. The highest BCUT2D eigenvalue weighted by Crippen LogP contribution is 2.20. The number of carbonyl (C=O) groups excluding carboxylic acids is 2. The number of amides is 2. The fraction of sp³-hybridized carbons (Fsp3) is 0.632. The van der Waals surface area contributed by atoms with Crippen LogP contribution in [0.2, 0.25) is 0 Å². The van der Waals surface area contributed by atoms with Crippen molar-refractivity contribution in [2.45, 2.75) is 26.7 Å². The Morgan fingerprint density at radius 1 is 1.15 bits per heavy atom. The fourth-order valence-corrected chi connectivity index (χ4v) is 3.71. The van der Waals surface area contributed by atoms with Crippen LogP contribution in [0, 0.1) is 19.8 Å². The van der Waals surface area contributed by atoms with Gasteiger partial charge in [-0.25, -0.2) is 0 Å². The van der Waals surface area contributed by atoms with Gasteiger partial charge in [-0.05, 0) is 32.8 Å². The summed E-state index contributed by atoms with van der Waals surface area (Å²) in [4.78, 5) is 29.0. The van der Waals surface area contributed by atoms with Crippen molar-refractivity contribution in [2.24, 2.45) is 13.0 Å². The number of morpholine rings is 1. The first-order chi connectivity index (χ1) is 12.5. The summed E-state index contributed by atoms with van der Waals surface area (Å²) < 4.78 is 7.13. The third-order valence-electron chi connectivity index (χ3n) is 5.36. The molecule has 1 atom stereocenters. The Labute approximate surface area is 154 Å². The van der Waals surface area contributed by atoms with Crippen LogP contribution in [0.5, 0.6) is 0 Å². The van der Waals surface area contributed by atoms with Crippen LogP contribution < -0.4 is 0 Å². The Morgan fingerprint density at radius 2 is 1.88 bits per heavy atom. The van der Waals surface area contributed by atoms with Gasteiger partial charge in [0.2, 0.25) is 11.8 Å². The van der Waals surface area contributed by atoms with Crippen molar-refractivity contribution in [2.75, 3.05) is 39.4 Å². The molecule has 3 heterocycles. The van der Waals surface area contributed by atoms with Gasteiger partial charge < -0.3 is 14.5 Å². The standard InChI is InChI=1S/C19H28N4O3/c1-14-17(15(2)21(3)20-14)6-7-18(24)23-8-4-5-16(13-23)19(25)22-9-11-26-12-10-22/h6-7,16H,4-5,8-13H2,1-3H3/b7-6+. The predicted octanol–water partition coefficient (Wildman–Crippen LogP) is 1.15. The number of aromatic nitrogens is 2. The van der Waals surface area contributed by atoms with Crippen LogP contribution in [-0.2, 0) is 21.4 Å². The van der Waals surface area contributed by atoms with Crippen molar-refractivity contribution >= 4 is 17.9 Å². The summed E-state index contributed by atoms with van der Waals surface area (Å²) in [6.07, 6.45) is 5.17. The van der Waals surface area contributed by atoms with E-state index in [1.165, 1.54) is 0 Å². The summed E-state index contributed by atoms with van der Waals surface area (Å²) >= 11 is 0. The number of nitrogens with zero attached hydrogens (tertiary/aromatic N) is 4. The monoisotopic (exact) mass is 360 g/mol. The zero-order chi connectivity index (χ0) is 18.7. The molecule has 142 valence electrons. The minimum Gasteiger partial charge on any atom is -0.378 e. The third-order valence-corrected chi connectivity index (χ3v) is 5.36. The summed E-state index contributed by atoms with van der Waals surface area (Å²) in [5, 5.41) is 4.37. The summed E-state index contributed by atoms with van der Waals surface area (Å²) in [6, 6.07) is 0. The van der Waals surface area contributed by atoms with Gasteiger partial charge in [-0.2, -0.15) is 5.10 Å². The highest BCUT2D eigenvalue weighted by atomic mass is 16.5. The Bertz CT molecular complexity index is 704. The lowest BCUT2D eigenvalue weighted by Crippen LogP contribution is -2.49. The number of carbonyl (C=O) groups is 2. The Kier molecular flexibility index (Phi) is 5.76. The van der Waals surface area contributed by atoms with Crippen molar-refractivity contribution in [3.05, 3.63) is 23.0 Å². The van der Waals surface area contributed by atoms with Gasteiger partial charge in [-0.15, -0.1) is 0 Å². The van der Waals surface area contributed by atoms with Gasteiger partial charge >= 0.3 is 0 Å². The van der Waals surface area contributed by atoms with Crippen molar-refractivity contribution < 1.29 is 14.3 Å². The zero-order valence-electron chi connectivity index (χ0n) is 15.9. The molecule has 0 spiro atoms. The molecule has 0 aliphatic carbocycles. The number of hydrogen-bond donors (Lipinski definition) is 0. The smallest absolute Gasteiger partial charge is 0.246 e. The largest absolute Gasteiger partial charge is 0.378 e. The molecule has 7 nitrogen and oxygen atoms in total. The van der Waals surface area contributed by atoms with Gasteiger partial charge in [0.1, 0.15) is 0 Å². The molecule has 3 rings (SSSR count). The molecule has 0 saturated carbocycles. The third kappa shape index (κ3) is 3.98. The van der Waals surface area contributed by atoms with E-state index >= 15 is 0 Å². The van der Waals surface area contributed by atoms with E-state index in [-0.39, 0.29) is 17.7 Å². The van der Waals surface area contributed by atoms with Gasteiger partial charge in [-0.3, -0.25) is 14.3 Å². The minimum absolute atomic E-state index is 0.0351. The first-order valence-corrected chi connectivity index (χ1v) is 9.31. The highest BCUT2D eigenvalue weighted by molar-refractivity contribution is 5.92. The molecule has 2 saturated heterocycles. The van der Waals surface area contributed by atoms with Crippen molar-refractivity contribution in [1.29, 1.82) is 0 Å². The molecule has 0 aromatic carbocycles. The molecule has 1 aromatic rings. The van der Waals surface area contributed by atoms with Crippen LogP contribution >= 0.6 is 0 Å².